The quantitative estimate of drug-likeness (QED) is 0.530. The second-order valence-corrected chi connectivity index (χ2v) is 5.30. The van der Waals surface area contributed by atoms with Crippen molar-refractivity contribution in [1.29, 1.82) is 0 Å². The highest BCUT2D eigenvalue weighted by Crippen LogP contribution is 2.26. The van der Waals surface area contributed by atoms with Gasteiger partial charge in [0.1, 0.15) is 4.49 Å². The summed E-state index contributed by atoms with van der Waals surface area (Å²) in [4.78, 5) is 20.3. The van der Waals surface area contributed by atoms with Crippen LogP contribution in [0.1, 0.15) is 12.8 Å². The summed E-state index contributed by atoms with van der Waals surface area (Å²) in [7, 11) is -4.89. The van der Waals surface area contributed by atoms with Crippen molar-refractivity contribution >= 4 is 42.6 Å². The Labute approximate surface area is 103 Å². The van der Waals surface area contributed by atoms with E-state index in [1.807, 2.05) is 0 Å². The molecular weight excluding hydrogens is 285 g/mol. The Balaban J connectivity index is 3.97. The van der Waals surface area contributed by atoms with Gasteiger partial charge in [-0.2, -0.15) is 0 Å². The van der Waals surface area contributed by atoms with E-state index < -0.39 is 7.82 Å². The first-order chi connectivity index (χ1) is 6.85. The lowest BCUT2D eigenvalue weighted by Crippen LogP contribution is -2.17. The van der Waals surface area contributed by atoms with Crippen molar-refractivity contribution in [3.63, 3.8) is 0 Å². The van der Waals surface area contributed by atoms with Crippen LogP contribution in [-0.2, 0) is 9.09 Å². The van der Waals surface area contributed by atoms with Crippen LogP contribution in [0.2, 0.25) is 0 Å². The molecule has 1 atom stereocenters. The van der Waals surface area contributed by atoms with Gasteiger partial charge in [-0.3, -0.25) is 0 Å². The molecule has 0 saturated carbocycles. The highest BCUT2D eigenvalue weighted by molar-refractivity contribution is 7.43. The van der Waals surface area contributed by atoms with Crippen molar-refractivity contribution in [3.8, 4) is 0 Å². The van der Waals surface area contributed by atoms with Gasteiger partial charge in [-0.1, -0.05) is 29.3 Å². The smallest absolute Gasteiger partial charge is 0.103 e. The highest BCUT2D eigenvalue weighted by atomic mass is 35.5. The van der Waals surface area contributed by atoms with Crippen molar-refractivity contribution in [3.05, 3.63) is 10.6 Å². The largest absolute Gasteiger partial charge is 0.790 e. The Morgan fingerprint density at radius 3 is 2.40 bits per heavy atom. The zero-order valence-electron chi connectivity index (χ0n) is 7.70. The average molecular weight is 295 g/mol. The molecule has 8 heteroatoms. The summed E-state index contributed by atoms with van der Waals surface area (Å²) in [5.41, 5.74) is 0. The Hall–Kier alpha value is 0.720. The molecule has 0 aliphatic rings. The van der Waals surface area contributed by atoms with Crippen LogP contribution in [0.5, 0.6) is 0 Å². The Morgan fingerprint density at radius 1 is 1.40 bits per heavy atom. The van der Waals surface area contributed by atoms with Crippen LogP contribution < -0.4 is 9.79 Å². The third-order valence-electron chi connectivity index (χ3n) is 1.58. The Bertz CT molecular complexity index is 249. The molecule has 0 spiro atoms. The molecule has 0 rings (SSSR count). The van der Waals surface area contributed by atoms with Gasteiger partial charge >= 0.3 is 0 Å². The number of hydrogen-bond acceptors (Lipinski definition) is 4. The van der Waals surface area contributed by atoms with Gasteiger partial charge in [0.15, 0.2) is 0 Å². The summed E-state index contributed by atoms with van der Waals surface area (Å²) in [5.74, 6) is 0.285. The molecule has 0 radical (unpaired) electrons. The number of phosphoric ester groups is 1. The standard InChI is InChI=1S/C7H12Cl3O4P/c8-3-1-6(5-7(9)10)2-4-14-15(11,12)13/h5-6H,1-4H2,(H2,11,12,13)/p-2. The normalized spacial score (nSPS) is 13.7. The molecule has 0 aliphatic heterocycles. The highest BCUT2D eigenvalue weighted by Gasteiger charge is 2.06. The SMILES string of the molecule is O=P([O-])([O-])OCCC(C=C(Cl)Cl)CCCl. The van der Waals surface area contributed by atoms with Gasteiger partial charge < -0.3 is 18.9 Å². The Morgan fingerprint density at radius 2 is 2.00 bits per heavy atom. The first-order valence-electron chi connectivity index (χ1n) is 4.10. The third kappa shape index (κ3) is 11.0. The van der Waals surface area contributed by atoms with Crippen LogP contribution in [0.4, 0.5) is 0 Å². The van der Waals surface area contributed by atoms with E-state index in [2.05, 4.69) is 4.52 Å². The summed E-state index contributed by atoms with van der Waals surface area (Å²) in [6, 6.07) is 0. The van der Waals surface area contributed by atoms with E-state index in [0.717, 1.165) is 0 Å². The van der Waals surface area contributed by atoms with Gasteiger partial charge in [-0.25, -0.2) is 0 Å². The van der Waals surface area contributed by atoms with Crippen molar-refractivity contribution in [2.45, 2.75) is 12.8 Å². The molecule has 0 bridgehead atoms. The first kappa shape index (κ1) is 15.7. The van der Waals surface area contributed by atoms with Crippen LogP contribution in [0.25, 0.3) is 0 Å². The van der Waals surface area contributed by atoms with Gasteiger partial charge in [0.05, 0.1) is 14.4 Å². The topological polar surface area (TPSA) is 72.4 Å². The molecule has 15 heavy (non-hydrogen) atoms. The van der Waals surface area contributed by atoms with E-state index in [-0.39, 0.29) is 17.0 Å². The van der Waals surface area contributed by atoms with Gasteiger partial charge in [0.25, 0.3) is 0 Å². The molecule has 1 unspecified atom stereocenters. The van der Waals surface area contributed by atoms with Crippen molar-refractivity contribution in [2.75, 3.05) is 12.5 Å². The number of halogens is 3. The van der Waals surface area contributed by atoms with Gasteiger partial charge in [-0.15, -0.1) is 11.6 Å². The minimum atomic E-state index is -4.89. The maximum absolute atomic E-state index is 10.1. The summed E-state index contributed by atoms with van der Waals surface area (Å²) in [6.45, 7) is -0.191. The number of allylic oxidation sites excluding steroid dienone is 1. The fourth-order valence-electron chi connectivity index (χ4n) is 0.945. The molecule has 0 amide bonds. The van der Waals surface area contributed by atoms with Gasteiger partial charge in [-0.05, 0) is 18.8 Å². The summed E-state index contributed by atoms with van der Waals surface area (Å²) < 4.78 is 14.3. The van der Waals surface area contributed by atoms with Crippen LogP contribution in [0.15, 0.2) is 10.6 Å². The lowest BCUT2D eigenvalue weighted by molar-refractivity contribution is -0.341. The first-order valence-corrected chi connectivity index (χ1v) is 6.85. The molecular formula is C7H10Cl3O4P-2. The Kier molecular flexibility index (Phi) is 8.29. The minimum absolute atomic E-state index is 0.0811. The molecule has 90 valence electrons. The van der Waals surface area contributed by atoms with E-state index in [1.165, 1.54) is 6.08 Å². The summed E-state index contributed by atoms with van der Waals surface area (Å²) in [5, 5.41) is 0. The van der Waals surface area contributed by atoms with Crippen LogP contribution in [-0.4, -0.2) is 12.5 Å². The number of alkyl halides is 1. The summed E-state index contributed by atoms with van der Waals surface area (Å²) >= 11 is 16.4. The predicted octanol–water partition coefficient (Wildman–Crippen LogP) is 1.79. The van der Waals surface area contributed by atoms with Gasteiger partial charge in [0, 0.05) is 5.88 Å². The number of phosphoric acid groups is 1. The van der Waals surface area contributed by atoms with E-state index in [1.54, 1.807) is 0 Å². The summed E-state index contributed by atoms with van der Waals surface area (Å²) in [6.07, 6.45) is 2.44. The second-order valence-electron chi connectivity index (χ2n) is 2.76. The third-order valence-corrected chi connectivity index (χ3v) is 2.55. The minimum Gasteiger partial charge on any atom is -0.790 e. The molecule has 0 aromatic carbocycles. The lowest BCUT2D eigenvalue weighted by atomic mass is 10.0. The fourth-order valence-corrected chi connectivity index (χ4v) is 1.91. The monoisotopic (exact) mass is 294 g/mol. The van der Waals surface area contributed by atoms with Crippen molar-refractivity contribution in [2.24, 2.45) is 5.92 Å². The number of hydrogen-bond donors (Lipinski definition) is 0. The maximum Gasteiger partial charge on any atom is 0.103 e. The number of rotatable bonds is 7. The lowest BCUT2D eigenvalue weighted by Gasteiger charge is -2.29. The average Bonchev–Trinajstić information content (AvgIpc) is 2.00. The molecule has 0 saturated heterocycles. The maximum atomic E-state index is 10.1. The van der Waals surface area contributed by atoms with E-state index in [4.69, 9.17) is 34.8 Å². The zero-order valence-corrected chi connectivity index (χ0v) is 10.9. The molecule has 0 N–H and O–H groups in total. The second kappa shape index (κ2) is 7.91. The molecule has 0 fully saturated rings. The molecule has 0 aromatic rings. The fraction of sp³-hybridized carbons (Fsp3) is 0.714. The van der Waals surface area contributed by atoms with Crippen molar-refractivity contribution in [1.82, 2.24) is 0 Å². The zero-order chi connectivity index (χ0) is 11.9. The molecule has 4 nitrogen and oxygen atoms in total. The van der Waals surface area contributed by atoms with E-state index >= 15 is 0 Å². The molecule has 0 aromatic heterocycles. The predicted molar refractivity (Wildman–Crippen MR) is 56.8 cm³/mol. The van der Waals surface area contributed by atoms with E-state index in [9.17, 15) is 14.4 Å². The molecule has 0 heterocycles. The van der Waals surface area contributed by atoms with Crippen LogP contribution in [0.3, 0.4) is 0 Å². The van der Waals surface area contributed by atoms with Crippen LogP contribution in [0, 0.1) is 5.92 Å². The van der Waals surface area contributed by atoms with Crippen molar-refractivity contribution < 1.29 is 18.9 Å². The molecule has 0 aliphatic carbocycles. The van der Waals surface area contributed by atoms with E-state index in [0.29, 0.717) is 18.7 Å². The van der Waals surface area contributed by atoms with Crippen LogP contribution >= 0.6 is 42.6 Å². The van der Waals surface area contributed by atoms with Gasteiger partial charge in [0.2, 0.25) is 0 Å².